The molecule has 2 rings (SSSR count). The number of primary amides is 1. The SMILES string of the molecule is CC(C)(C)OC1CC(C(N)=O)N(C(=O)[C@H]2CCCO2)C1. The Balaban J connectivity index is 2.05. The molecule has 0 radical (unpaired) electrons. The Labute approximate surface area is 119 Å². The van der Waals surface area contributed by atoms with Crippen molar-refractivity contribution in [3.63, 3.8) is 0 Å². The smallest absolute Gasteiger partial charge is 0.252 e. The Morgan fingerprint density at radius 3 is 2.55 bits per heavy atom. The van der Waals surface area contributed by atoms with Gasteiger partial charge in [0.2, 0.25) is 5.91 Å². The molecule has 2 fully saturated rings. The molecule has 2 aliphatic rings. The van der Waals surface area contributed by atoms with Gasteiger partial charge < -0.3 is 20.1 Å². The summed E-state index contributed by atoms with van der Waals surface area (Å²) < 4.78 is 11.3. The monoisotopic (exact) mass is 284 g/mol. The largest absolute Gasteiger partial charge is 0.371 e. The minimum Gasteiger partial charge on any atom is -0.371 e. The fraction of sp³-hybridized carbons (Fsp3) is 0.857. The molecule has 2 amide bonds. The van der Waals surface area contributed by atoms with Crippen LogP contribution < -0.4 is 5.73 Å². The number of likely N-dealkylation sites (tertiary alicyclic amines) is 1. The van der Waals surface area contributed by atoms with Crippen LogP contribution in [0.15, 0.2) is 0 Å². The first-order valence-electron chi connectivity index (χ1n) is 7.17. The molecule has 0 aromatic carbocycles. The normalized spacial score (nSPS) is 30.8. The molecular weight excluding hydrogens is 260 g/mol. The van der Waals surface area contributed by atoms with Crippen LogP contribution >= 0.6 is 0 Å². The Morgan fingerprint density at radius 2 is 2.05 bits per heavy atom. The summed E-state index contributed by atoms with van der Waals surface area (Å²) in [6.07, 6.45) is 1.48. The van der Waals surface area contributed by atoms with E-state index in [0.29, 0.717) is 26.0 Å². The molecule has 0 aromatic rings. The standard InChI is InChI=1S/C14H24N2O4/c1-14(2,3)20-9-7-10(12(15)17)16(8-9)13(18)11-5-4-6-19-11/h9-11H,4-8H2,1-3H3,(H2,15,17)/t9?,10?,11-/m1/s1. The number of rotatable bonds is 3. The summed E-state index contributed by atoms with van der Waals surface area (Å²) in [6.45, 7) is 6.88. The molecule has 2 aliphatic heterocycles. The summed E-state index contributed by atoms with van der Waals surface area (Å²) in [7, 11) is 0. The number of ether oxygens (including phenoxy) is 2. The maximum Gasteiger partial charge on any atom is 0.252 e. The number of nitrogens with two attached hydrogens (primary N) is 1. The van der Waals surface area contributed by atoms with Gasteiger partial charge in [-0.3, -0.25) is 9.59 Å². The number of carbonyl (C=O) groups is 2. The third-order valence-corrected chi connectivity index (χ3v) is 3.60. The van der Waals surface area contributed by atoms with Gasteiger partial charge in [0.1, 0.15) is 12.1 Å². The first-order chi connectivity index (χ1) is 9.28. The van der Waals surface area contributed by atoms with Gasteiger partial charge >= 0.3 is 0 Å². The number of amides is 2. The van der Waals surface area contributed by atoms with E-state index >= 15 is 0 Å². The highest BCUT2D eigenvalue weighted by Crippen LogP contribution is 2.27. The Morgan fingerprint density at radius 1 is 1.35 bits per heavy atom. The quantitative estimate of drug-likeness (QED) is 0.815. The molecule has 114 valence electrons. The zero-order valence-corrected chi connectivity index (χ0v) is 12.4. The van der Waals surface area contributed by atoms with Crippen LogP contribution in [-0.2, 0) is 19.1 Å². The molecule has 6 nitrogen and oxygen atoms in total. The molecule has 2 saturated heterocycles. The summed E-state index contributed by atoms with van der Waals surface area (Å²) in [6, 6.07) is -0.584. The predicted molar refractivity (Wildman–Crippen MR) is 72.9 cm³/mol. The predicted octanol–water partition coefficient (Wildman–Crippen LogP) is 0.435. The fourth-order valence-corrected chi connectivity index (χ4v) is 2.85. The molecule has 2 heterocycles. The summed E-state index contributed by atoms with van der Waals surface area (Å²) in [5, 5.41) is 0. The van der Waals surface area contributed by atoms with Gasteiger partial charge in [0.25, 0.3) is 5.91 Å². The average Bonchev–Trinajstić information content (AvgIpc) is 2.93. The van der Waals surface area contributed by atoms with Crippen LogP contribution in [0, 0.1) is 0 Å². The van der Waals surface area contributed by atoms with E-state index in [1.165, 1.54) is 4.90 Å². The Bertz CT molecular complexity index is 385. The molecule has 0 saturated carbocycles. The summed E-state index contributed by atoms with van der Waals surface area (Å²) >= 11 is 0. The van der Waals surface area contributed by atoms with Crippen LogP contribution in [0.2, 0.25) is 0 Å². The van der Waals surface area contributed by atoms with Crippen LogP contribution in [0.25, 0.3) is 0 Å². The summed E-state index contributed by atoms with van der Waals surface area (Å²) in [5.74, 6) is -0.609. The highest BCUT2D eigenvalue weighted by molar-refractivity contribution is 5.89. The van der Waals surface area contributed by atoms with Crippen molar-refractivity contribution in [1.29, 1.82) is 0 Å². The minimum absolute atomic E-state index is 0.133. The summed E-state index contributed by atoms with van der Waals surface area (Å²) in [5.41, 5.74) is 5.11. The van der Waals surface area contributed by atoms with Crippen LogP contribution in [0.3, 0.4) is 0 Å². The van der Waals surface area contributed by atoms with Crippen LogP contribution in [0.5, 0.6) is 0 Å². The molecule has 6 heteroatoms. The van der Waals surface area contributed by atoms with Gasteiger partial charge in [-0.15, -0.1) is 0 Å². The van der Waals surface area contributed by atoms with Gasteiger partial charge in [-0.05, 0) is 33.6 Å². The zero-order valence-electron chi connectivity index (χ0n) is 12.4. The van der Waals surface area contributed by atoms with E-state index in [1.807, 2.05) is 20.8 Å². The second-order valence-corrected chi connectivity index (χ2v) is 6.50. The maximum atomic E-state index is 12.4. The number of nitrogens with zero attached hydrogens (tertiary/aromatic N) is 1. The lowest BCUT2D eigenvalue weighted by atomic mass is 10.1. The summed E-state index contributed by atoms with van der Waals surface area (Å²) in [4.78, 5) is 25.5. The third-order valence-electron chi connectivity index (χ3n) is 3.60. The first-order valence-corrected chi connectivity index (χ1v) is 7.17. The second kappa shape index (κ2) is 5.69. The van der Waals surface area contributed by atoms with E-state index in [0.717, 1.165) is 6.42 Å². The fourth-order valence-electron chi connectivity index (χ4n) is 2.85. The lowest BCUT2D eigenvalue weighted by Crippen LogP contribution is -2.47. The molecule has 20 heavy (non-hydrogen) atoms. The first kappa shape index (κ1) is 15.3. The minimum atomic E-state index is -0.584. The molecule has 0 spiro atoms. The van der Waals surface area contributed by atoms with Gasteiger partial charge in [0.15, 0.2) is 0 Å². The Hall–Kier alpha value is -1.14. The van der Waals surface area contributed by atoms with Gasteiger partial charge in [-0.25, -0.2) is 0 Å². The highest BCUT2D eigenvalue weighted by atomic mass is 16.5. The van der Waals surface area contributed by atoms with Crippen LogP contribution in [0.4, 0.5) is 0 Å². The average molecular weight is 284 g/mol. The third kappa shape index (κ3) is 3.49. The lowest BCUT2D eigenvalue weighted by Gasteiger charge is -2.26. The number of hydrogen-bond acceptors (Lipinski definition) is 4. The van der Waals surface area contributed by atoms with Crippen molar-refractivity contribution >= 4 is 11.8 Å². The van der Waals surface area contributed by atoms with Crippen molar-refractivity contribution < 1.29 is 19.1 Å². The molecule has 0 bridgehead atoms. The van der Waals surface area contributed by atoms with Crippen LogP contribution in [0.1, 0.15) is 40.0 Å². The van der Waals surface area contributed by atoms with Gasteiger partial charge in [0.05, 0.1) is 11.7 Å². The topological polar surface area (TPSA) is 81.9 Å². The van der Waals surface area contributed by atoms with Gasteiger partial charge in [0, 0.05) is 19.6 Å². The van der Waals surface area contributed by atoms with E-state index in [-0.39, 0.29) is 17.6 Å². The van der Waals surface area contributed by atoms with E-state index in [4.69, 9.17) is 15.2 Å². The van der Waals surface area contributed by atoms with E-state index in [2.05, 4.69) is 0 Å². The lowest BCUT2D eigenvalue weighted by molar-refractivity contribution is -0.145. The van der Waals surface area contributed by atoms with Crippen molar-refractivity contribution in [1.82, 2.24) is 4.90 Å². The van der Waals surface area contributed by atoms with Crippen LogP contribution in [-0.4, -0.2) is 53.7 Å². The molecule has 2 unspecified atom stereocenters. The molecule has 3 atom stereocenters. The molecule has 2 N–H and O–H groups in total. The second-order valence-electron chi connectivity index (χ2n) is 6.50. The maximum absolute atomic E-state index is 12.4. The number of carbonyl (C=O) groups excluding carboxylic acids is 2. The molecular formula is C14H24N2O4. The van der Waals surface area contributed by atoms with Gasteiger partial charge in [-0.1, -0.05) is 0 Å². The Kier molecular flexibility index (Phi) is 4.34. The van der Waals surface area contributed by atoms with E-state index in [1.54, 1.807) is 0 Å². The number of hydrogen-bond donors (Lipinski definition) is 1. The van der Waals surface area contributed by atoms with Crippen molar-refractivity contribution in [2.45, 2.75) is 63.9 Å². The van der Waals surface area contributed by atoms with E-state index in [9.17, 15) is 9.59 Å². The van der Waals surface area contributed by atoms with E-state index < -0.39 is 18.1 Å². The molecule has 0 aromatic heterocycles. The van der Waals surface area contributed by atoms with Crippen molar-refractivity contribution in [2.24, 2.45) is 5.73 Å². The highest BCUT2D eigenvalue weighted by Gasteiger charge is 2.43. The molecule has 0 aliphatic carbocycles. The van der Waals surface area contributed by atoms with Crippen molar-refractivity contribution in [3.05, 3.63) is 0 Å². The van der Waals surface area contributed by atoms with Crippen molar-refractivity contribution in [3.8, 4) is 0 Å². The van der Waals surface area contributed by atoms with Crippen molar-refractivity contribution in [2.75, 3.05) is 13.2 Å². The zero-order chi connectivity index (χ0) is 14.9. The van der Waals surface area contributed by atoms with Gasteiger partial charge in [-0.2, -0.15) is 0 Å².